The van der Waals surface area contributed by atoms with Crippen molar-refractivity contribution in [3.63, 3.8) is 0 Å². The van der Waals surface area contributed by atoms with Gasteiger partial charge < -0.3 is 4.57 Å². The molecule has 0 bridgehead atoms. The largest absolute Gasteiger partial charge is 0.307 e. The monoisotopic (exact) mass is 487 g/mol. The lowest BCUT2D eigenvalue weighted by molar-refractivity contribution is 1.07. The second-order valence-electron chi connectivity index (χ2n) is 8.23. The minimum Gasteiger partial charge on any atom is -0.307 e. The molecule has 0 spiro atoms. The lowest BCUT2D eigenvalue weighted by Crippen LogP contribution is -2.00. The van der Waals surface area contributed by atoms with Crippen molar-refractivity contribution in [2.75, 3.05) is 0 Å². The quantitative estimate of drug-likeness (QED) is 0.242. The van der Waals surface area contributed by atoms with Crippen LogP contribution in [0.3, 0.4) is 0 Å². The van der Waals surface area contributed by atoms with Crippen LogP contribution in [0.15, 0.2) is 114 Å². The van der Waals surface area contributed by atoms with Crippen LogP contribution in [-0.2, 0) is 0 Å². The zero-order valence-corrected chi connectivity index (χ0v) is 19.2. The highest BCUT2D eigenvalue weighted by Gasteiger charge is 2.21. The predicted molar refractivity (Wildman–Crippen MR) is 141 cm³/mol. The van der Waals surface area contributed by atoms with E-state index in [4.69, 9.17) is 4.98 Å². The number of aromatic nitrogens is 3. The topological polar surface area (TPSA) is 22.8 Å². The van der Waals surface area contributed by atoms with Gasteiger partial charge in [-0.15, -0.1) is 0 Å². The maximum atomic E-state index is 4.79. The number of hydrogen-bond donors (Lipinski definition) is 0. The summed E-state index contributed by atoms with van der Waals surface area (Å²) in [5.74, 6) is 0.904. The minimum atomic E-state index is 0.904. The second kappa shape index (κ2) is 7.06. The summed E-state index contributed by atoms with van der Waals surface area (Å²) in [6.45, 7) is 0. The van der Waals surface area contributed by atoms with Gasteiger partial charge in [0, 0.05) is 37.9 Å². The second-order valence-corrected chi connectivity index (χ2v) is 9.15. The van der Waals surface area contributed by atoms with Crippen LogP contribution < -0.4 is 0 Å². The Morgan fingerprint density at radius 1 is 0.515 bits per heavy atom. The van der Waals surface area contributed by atoms with Gasteiger partial charge in [-0.05, 0) is 52.3 Å². The molecule has 7 aromatic rings. The van der Waals surface area contributed by atoms with Gasteiger partial charge in [0.1, 0.15) is 5.82 Å². The highest BCUT2D eigenvalue weighted by molar-refractivity contribution is 9.10. The number of nitrogens with zero attached hydrogens (tertiary/aromatic N) is 3. The summed E-state index contributed by atoms with van der Waals surface area (Å²) in [4.78, 5) is 4.79. The van der Waals surface area contributed by atoms with Crippen molar-refractivity contribution in [2.24, 2.45) is 0 Å². The van der Waals surface area contributed by atoms with Gasteiger partial charge in [0.15, 0.2) is 0 Å². The van der Waals surface area contributed by atoms with Crippen LogP contribution in [0.25, 0.3) is 55.1 Å². The van der Waals surface area contributed by atoms with E-state index in [0.29, 0.717) is 0 Å². The van der Waals surface area contributed by atoms with Gasteiger partial charge in [-0.25, -0.2) is 4.98 Å². The van der Waals surface area contributed by atoms with E-state index >= 15 is 0 Å². The van der Waals surface area contributed by atoms with E-state index in [1.807, 2.05) is 6.20 Å². The summed E-state index contributed by atoms with van der Waals surface area (Å²) in [6, 6.07) is 36.5. The van der Waals surface area contributed by atoms with Gasteiger partial charge in [-0.1, -0.05) is 66.7 Å². The third kappa shape index (κ3) is 2.65. The summed E-state index contributed by atoms with van der Waals surface area (Å²) in [5, 5.41) is 4.94. The van der Waals surface area contributed by atoms with E-state index < -0.39 is 0 Å². The maximum absolute atomic E-state index is 4.79. The Labute approximate surface area is 198 Å². The fourth-order valence-electron chi connectivity index (χ4n) is 5.08. The molecule has 4 heteroatoms. The first kappa shape index (κ1) is 18.7. The third-order valence-corrected chi connectivity index (χ3v) is 6.89. The molecular weight excluding hydrogens is 470 g/mol. The molecular formula is C29H18BrN3. The standard InChI is InChI=1S/C29H18BrN3/c30-19-14-17-27(31-18-19)33-26-13-7-5-11-22(26)24-16-15-23-21-10-4-6-12-25(21)32(28(23)29(24)33)20-8-2-1-3-9-20/h1-18H. The average Bonchev–Trinajstić information content (AvgIpc) is 3.38. The fraction of sp³-hybridized carbons (Fsp3) is 0. The molecule has 0 unspecified atom stereocenters. The Bertz CT molecular complexity index is 1810. The first-order chi connectivity index (χ1) is 16.3. The number of benzene rings is 4. The van der Waals surface area contributed by atoms with Gasteiger partial charge in [-0.2, -0.15) is 0 Å². The van der Waals surface area contributed by atoms with Crippen LogP contribution in [0.5, 0.6) is 0 Å². The van der Waals surface area contributed by atoms with Crippen molar-refractivity contribution in [1.29, 1.82) is 0 Å². The molecule has 3 heterocycles. The molecule has 0 aliphatic carbocycles. The summed E-state index contributed by atoms with van der Waals surface area (Å²) in [6.07, 6.45) is 1.86. The number of rotatable bonds is 2. The van der Waals surface area contributed by atoms with Gasteiger partial charge in [0.05, 0.1) is 22.1 Å². The average molecular weight is 488 g/mol. The Morgan fingerprint density at radius 2 is 1.09 bits per heavy atom. The van der Waals surface area contributed by atoms with E-state index in [2.05, 4.69) is 128 Å². The van der Waals surface area contributed by atoms with Crippen LogP contribution in [0.1, 0.15) is 0 Å². The molecule has 156 valence electrons. The van der Waals surface area contributed by atoms with E-state index in [1.54, 1.807) is 0 Å². The first-order valence-corrected chi connectivity index (χ1v) is 11.7. The molecule has 0 saturated heterocycles. The molecule has 0 fully saturated rings. The minimum absolute atomic E-state index is 0.904. The molecule has 3 aromatic heterocycles. The fourth-order valence-corrected chi connectivity index (χ4v) is 5.32. The summed E-state index contributed by atoms with van der Waals surface area (Å²) in [7, 11) is 0. The Morgan fingerprint density at radius 3 is 1.73 bits per heavy atom. The molecule has 7 rings (SSSR count). The van der Waals surface area contributed by atoms with E-state index in [0.717, 1.165) is 21.5 Å². The van der Waals surface area contributed by atoms with Gasteiger partial charge in [0.25, 0.3) is 0 Å². The van der Waals surface area contributed by atoms with Gasteiger partial charge >= 0.3 is 0 Å². The summed E-state index contributed by atoms with van der Waals surface area (Å²) < 4.78 is 5.66. The van der Waals surface area contributed by atoms with E-state index in [-0.39, 0.29) is 0 Å². The number of halogens is 1. The highest BCUT2D eigenvalue weighted by atomic mass is 79.9. The zero-order chi connectivity index (χ0) is 21.9. The number of fused-ring (bicyclic) bond motifs is 7. The SMILES string of the molecule is Brc1ccc(-n2c3ccccc3c3ccc4c5ccccc5n(-c5ccccc5)c4c32)nc1. The van der Waals surface area contributed by atoms with Crippen LogP contribution in [0.2, 0.25) is 0 Å². The lowest BCUT2D eigenvalue weighted by Gasteiger charge is -2.12. The Balaban J connectivity index is 1.78. The van der Waals surface area contributed by atoms with Gasteiger partial charge in [0.2, 0.25) is 0 Å². The van der Waals surface area contributed by atoms with Crippen molar-refractivity contribution in [1.82, 2.24) is 14.1 Å². The third-order valence-electron chi connectivity index (χ3n) is 6.42. The van der Waals surface area contributed by atoms with Crippen molar-refractivity contribution < 1.29 is 0 Å². The van der Waals surface area contributed by atoms with Crippen molar-refractivity contribution in [2.45, 2.75) is 0 Å². The van der Waals surface area contributed by atoms with Crippen LogP contribution in [-0.4, -0.2) is 14.1 Å². The summed E-state index contributed by atoms with van der Waals surface area (Å²) in [5.41, 5.74) is 5.87. The molecule has 0 N–H and O–H groups in total. The van der Waals surface area contributed by atoms with E-state index in [1.165, 1.54) is 38.1 Å². The molecule has 0 aliphatic heterocycles. The van der Waals surface area contributed by atoms with Crippen LogP contribution >= 0.6 is 15.9 Å². The van der Waals surface area contributed by atoms with Crippen LogP contribution in [0, 0.1) is 0 Å². The molecule has 0 saturated carbocycles. The normalized spacial score (nSPS) is 11.8. The summed E-state index contributed by atoms with van der Waals surface area (Å²) >= 11 is 3.54. The maximum Gasteiger partial charge on any atom is 0.137 e. The highest BCUT2D eigenvalue weighted by Crippen LogP contribution is 2.41. The smallest absolute Gasteiger partial charge is 0.137 e. The lowest BCUT2D eigenvalue weighted by atomic mass is 10.1. The molecule has 0 amide bonds. The molecule has 0 radical (unpaired) electrons. The van der Waals surface area contributed by atoms with Crippen molar-refractivity contribution in [3.05, 3.63) is 114 Å². The molecule has 0 aliphatic rings. The molecule has 3 nitrogen and oxygen atoms in total. The van der Waals surface area contributed by atoms with E-state index in [9.17, 15) is 0 Å². The number of para-hydroxylation sites is 3. The molecule has 0 atom stereocenters. The Hall–Kier alpha value is -3.89. The first-order valence-electron chi connectivity index (χ1n) is 10.9. The van der Waals surface area contributed by atoms with Crippen LogP contribution in [0.4, 0.5) is 0 Å². The number of pyridine rings is 1. The Kier molecular flexibility index (Phi) is 3.99. The van der Waals surface area contributed by atoms with Crippen molar-refractivity contribution in [3.8, 4) is 11.5 Å². The number of hydrogen-bond acceptors (Lipinski definition) is 1. The van der Waals surface area contributed by atoms with Crippen molar-refractivity contribution >= 4 is 59.5 Å². The molecule has 33 heavy (non-hydrogen) atoms. The zero-order valence-electron chi connectivity index (χ0n) is 17.6. The molecule has 4 aromatic carbocycles. The van der Waals surface area contributed by atoms with Gasteiger partial charge in [-0.3, -0.25) is 4.57 Å². The predicted octanol–water partition coefficient (Wildman–Crippen LogP) is 8.04.